The first-order valence-electron chi connectivity index (χ1n) is 18.2. The summed E-state index contributed by atoms with van der Waals surface area (Å²) in [6, 6.07) is 16.1. The Balaban J connectivity index is 0.927. The summed E-state index contributed by atoms with van der Waals surface area (Å²) in [6.07, 6.45) is 5.92. The average Bonchev–Trinajstić information content (AvgIpc) is 3.44. The number of piperidine rings is 1. The molecule has 2 aliphatic rings. The molecule has 1 unspecified atom stereocenters. The summed E-state index contributed by atoms with van der Waals surface area (Å²) in [5.41, 5.74) is 5.07. The van der Waals surface area contributed by atoms with Gasteiger partial charge >= 0.3 is 5.69 Å². The highest BCUT2D eigenvalue weighted by atomic mass is 19.1. The molecular weight excluding hydrogens is 734 g/mol. The number of nitrogens with one attached hydrogen (secondary N) is 4. The van der Waals surface area contributed by atoms with Crippen molar-refractivity contribution in [3.63, 3.8) is 0 Å². The number of imide groups is 1. The van der Waals surface area contributed by atoms with Gasteiger partial charge in [0.2, 0.25) is 11.8 Å². The molecule has 2 fully saturated rings. The number of hydrogen-bond donors (Lipinski definition) is 4. The van der Waals surface area contributed by atoms with Crippen LogP contribution in [0.2, 0.25) is 0 Å². The fraction of sp³-hybridized carbons (Fsp3) is 0.250. The molecule has 8 rings (SSSR count). The van der Waals surface area contributed by atoms with Gasteiger partial charge in [-0.3, -0.25) is 33.7 Å². The van der Waals surface area contributed by atoms with Gasteiger partial charge in [0.25, 0.3) is 5.91 Å². The van der Waals surface area contributed by atoms with Crippen LogP contribution in [-0.4, -0.2) is 78.9 Å². The van der Waals surface area contributed by atoms with Gasteiger partial charge in [-0.05, 0) is 47.9 Å². The zero-order valence-corrected chi connectivity index (χ0v) is 31.2. The quantitative estimate of drug-likeness (QED) is 0.138. The van der Waals surface area contributed by atoms with E-state index >= 15 is 0 Å². The van der Waals surface area contributed by atoms with E-state index in [9.17, 15) is 23.6 Å². The first-order chi connectivity index (χ1) is 27.6. The SMILES string of the molecule is CNC(=O)c1cnc(Nc2ccc(CN3CC(c4ccc5c(c4)n(C)c(=O)n5C4CCC(=O)NC4=O)C3)cn2)cc1Nc1cccc(-c2ncc(F)cn2)c1OC. The Morgan fingerprint density at radius 1 is 0.912 bits per heavy atom. The van der Waals surface area contributed by atoms with Crippen molar-refractivity contribution in [2.45, 2.75) is 31.3 Å². The van der Waals surface area contributed by atoms with Crippen LogP contribution < -0.4 is 31.7 Å². The van der Waals surface area contributed by atoms with Crippen molar-refractivity contribution in [3.8, 4) is 17.1 Å². The average molecular weight is 772 g/mol. The Kier molecular flexibility index (Phi) is 9.89. The molecule has 290 valence electrons. The predicted octanol–water partition coefficient (Wildman–Crippen LogP) is 4.16. The molecule has 6 aromatic rings. The smallest absolute Gasteiger partial charge is 0.329 e. The van der Waals surface area contributed by atoms with Crippen molar-refractivity contribution in [1.29, 1.82) is 0 Å². The number of anilines is 4. The van der Waals surface area contributed by atoms with Crippen LogP contribution in [0.1, 0.15) is 46.3 Å². The molecule has 2 aliphatic heterocycles. The van der Waals surface area contributed by atoms with Crippen LogP contribution in [0.4, 0.5) is 27.4 Å². The predicted molar refractivity (Wildman–Crippen MR) is 209 cm³/mol. The van der Waals surface area contributed by atoms with E-state index in [1.54, 1.807) is 42.1 Å². The van der Waals surface area contributed by atoms with Crippen molar-refractivity contribution >= 4 is 51.8 Å². The number of carbonyl (C=O) groups is 3. The van der Waals surface area contributed by atoms with E-state index in [1.165, 1.54) is 24.9 Å². The number of fused-ring (bicyclic) bond motifs is 1. The van der Waals surface area contributed by atoms with Gasteiger partial charge in [-0.15, -0.1) is 0 Å². The van der Waals surface area contributed by atoms with Gasteiger partial charge in [-0.25, -0.2) is 29.1 Å². The first kappa shape index (κ1) is 36.9. The zero-order chi connectivity index (χ0) is 39.8. The van der Waals surface area contributed by atoms with Gasteiger partial charge in [-0.1, -0.05) is 18.2 Å². The number of carbonyl (C=O) groups excluding carboxylic acids is 3. The third-order valence-corrected chi connectivity index (χ3v) is 10.3. The number of hydrogen-bond acceptors (Lipinski definition) is 12. The van der Waals surface area contributed by atoms with Gasteiger partial charge in [-0.2, -0.15) is 0 Å². The number of benzene rings is 2. The van der Waals surface area contributed by atoms with Crippen LogP contribution in [0, 0.1) is 5.82 Å². The fourth-order valence-electron chi connectivity index (χ4n) is 7.33. The summed E-state index contributed by atoms with van der Waals surface area (Å²) in [7, 11) is 4.74. The molecule has 3 amide bonds. The summed E-state index contributed by atoms with van der Waals surface area (Å²) in [5, 5.41) is 11.5. The lowest BCUT2D eigenvalue weighted by Crippen LogP contribution is -2.44. The molecular formula is C40H38FN11O5. The Hall–Kier alpha value is -7.01. The van der Waals surface area contributed by atoms with Crippen LogP contribution in [0.15, 0.2) is 84.2 Å². The summed E-state index contributed by atoms with van der Waals surface area (Å²) in [4.78, 5) is 69.8. The van der Waals surface area contributed by atoms with E-state index in [4.69, 9.17) is 4.74 Å². The van der Waals surface area contributed by atoms with Crippen molar-refractivity contribution in [3.05, 3.63) is 112 Å². The molecule has 17 heteroatoms. The molecule has 4 aromatic heterocycles. The van der Waals surface area contributed by atoms with Crippen LogP contribution >= 0.6 is 0 Å². The number of imidazole rings is 1. The number of rotatable bonds is 11. The molecule has 1 atom stereocenters. The minimum Gasteiger partial charge on any atom is -0.494 e. The zero-order valence-electron chi connectivity index (χ0n) is 31.2. The monoisotopic (exact) mass is 771 g/mol. The number of methoxy groups -OCH3 is 1. The van der Waals surface area contributed by atoms with Gasteiger partial charge in [0.1, 0.15) is 17.7 Å². The maximum Gasteiger partial charge on any atom is 0.329 e. The van der Waals surface area contributed by atoms with Crippen LogP contribution in [0.3, 0.4) is 0 Å². The number of halogens is 1. The van der Waals surface area contributed by atoms with Crippen LogP contribution in [-0.2, 0) is 23.2 Å². The number of aromatic nitrogens is 6. The van der Waals surface area contributed by atoms with Gasteiger partial charge in [0, 0.05) is 64.5 Å². The number of amides is 3. The third kappa shape index (κ3) is 7.27. The first-order valence-corrected chi connectivity index (χ1v) is 18.2. The summed E-state index contributed by atoms with van der Waals surface area (Å²) in [5.74, 6) is 0.279. The molecule has 6 heterocycles. The number of pyridine rings is 2. The lowest BCUT2D eigenvalue weighted by Gasteiger charge is -2.39. The van der Waals surface area contributed by atoms with E-state index in [1.807, 2.05) is 30.3 Å². The molecule has 0 saturated carbocycles. The molecule has 0 spiro atoms. The fourth-order valence-corrected chi connectivity index (χ4v) is 7.33. The van der Waals surface area contributed by atoms with E-state index in [-0.39, 0.29) is 35.7 Å². The minimum atomic E-state index is -0.718. The number of ether oxygens (including phenoxy) is 1. The van der Waals surface area contributed by atoms with Crippen molar-refractivity contribution in [2.24, 2.45) is 7.05 Å². The van der Waals surface area contributed by atoms with E-state index in [0.29, 0.717) is 58.4 Å². The van der Waals surface area contributed by atoms with E-state index in [2.05, 4.69) is 46.1 Å². The maximum absolute atomic E-state index is 13.5. The number of nitrogens with zero attached hydrogens (tertiary/aromatic N) is 7. The normalized spacial score (nSPS) is 15.9. The van der Waals surface area contributed by atoms with Crippen LogP contribution in [0.25, 0.3) is 22.4 Å². The van der Waals surface area contributed by atoms with Crippen molar-refractivity contribution < 1.29 is 23.5 Å². The topological polar surface area (TPSA) is 190 Å². The highest BCUT2D eigenvalue weighted by molar-refractivity contribution is 6.01. The molecule has 16 nitrogen and oxygen atoms in total. The van der Waals surface area contributed by atoms with Gasteiger partial charge < -0.3 is 20.7 Å². The third-order valence-electron chi connectivity index (χ3n) is 10.3. The standard InChI is InChI=1S/C40H38FN11O5/c1-42-38(54)27-18-44-34(14-29(27)47-28-6-4-5-26(36(28)57-3)37-45-16-25(41)17-46-37)48-33-11-7-22(15-43-33)19-51-20-24(21-51)23-8-9-30-32(13-23)50(2)40(56)52(30)31-10-12-35(53)49-39(31)55/h4-9,11,13-18,24,31H,10,12,19-21H2,1-3H3,(H,42,54)(H,49,53,55)(H2,43,44,47,48). The lowest BCUT2D eigenvalue weighted by molar-refractivity contribution is -0.135. The molecule has 0 radical (unpaired) electrons. The minimum absolute atomic E-state index is 0.194. The second-order valence-electron chi connectivity index (χ2n) is 13.9. The highest BCUT2D eigenvalue weighted by Gasteiger charge is 2.33. The van der Waals surface area contributed by atoms with Gasteiger partial charge in [0.15, 0.2) is 17.4 Å². The molecule has 0 aliphatic carbocycles. The molecule has 2 aromatic carbocycles. The van der Waals surface area contributed by atoms with Gasteiger partial charge in [0.05, 0.1) is 53.0 Å². The van der Waals surface area contributed by atoms with Crippen LogP contribution in [0.5, 0.6) is 5.75 Å². The second kappa shape index (κ2) is 15.3. The largest absolute Gasteiger partial charge is 0.494 e. The van der Waals surface area contributed by atoms with Crippen molar-refractivity contribution in [2.75, 3.05) is 37.9 Å². The molecule has 4 N–H and O–H groups in total. The molecule has 0 bridgehead atoms. The number of para-hydroxylation sites is 1. The van der Waals surface area contributed by atoms with E-state index < -0.39 is 17.8 Å². The lowest BCUT2D eigenvalue weighted by atomic mass is 9.90. The second-order valence-corrected chi connectivity index (χ2v) is 13.9. The Labute approximate surface area is 325 Å². The Morgan fingerprint density at radius 3 is 2.42 bits per heavy atom. The molecule has 2 saturated heterocycles. The maximum atomic E-state index is 13.5. The summed E-state index contributed by atoms with van der Waals surface area (Å²) in [6.45, 7) is 2.36. The Morgan fingerprint density at radius 2 is 1.70 bits per heavy atom. The Bertz CT molecular complexity index is 2580. The number of likely N-dealkylation sites (tertiary alicyclic amines) is 1. The summed E-state index contributed by atoms with van der Waals surface area (Å²) < 4.78 is 22.3. The highest BCUT2D eigenvalue weighted by Crippen LogP contribution is 2.38. The van der Waals surface area contributed by atoms with E-state index in [0.717, 1.165) is 42.1 Å². The summed E-state index contributed by atoms with van der Waals surface area (Å²) >= 11 is 0. The molecule has 57 heavy (non-hydrogen) atoms. The number of aryl methyl sites for hydroxylation is 1. The van der Waals surface area contributed by atoms with Crippen molar-refractivity contribution in [1.82, 2.24) is 44.6 Å².